The van der Waals surface area contributed by atoms with Crippen molar-refractivity contribution in [2.45, 2.75) is 6.92 Å². The summed E-state index contributed by atoms with van der Waals surface area (Å²) < 4.78 is 0. The average molecular weight is 151 g/mol. The van der Waals surface area contributed by atoms with Gasteiger partial charge in [0, 0.05) is 6.21 Å². The lowest BCUT2D eigenvalue weighted by molar-refractivity contribution is 1.59. The first-order valence-electron chi connectivity index (χ1n) is 3.00. The number of rotatable bonds is 3. The number of nitrogens with zero attached hydrogens (tertiary/aromatic N) is 1. The van der Waals surface area contributed by atoms with Gasteiger partial charge in [-0.25, -0.2) is 0 Å². The monoisotopic (exact) mass is 151 g/mol. The van der Waals surface area contributed by atoms with Crippen LogP contribution in [0.5, 0.6) is 0 Å². The molecule has 0 aromatic heterocycles. The SMILES string of the molecule is [B]N=C/C(C)=C(\C=C)PC. The lowest BCUT2D eigenvalue weighted by atomic mass is 10.3. The summed E-state index contributed by atoms with van der Waals surface area (Å²) in [6.45, 7) is 7.76. The number of hydrogen-bond donors (Lipinski definition) is 0. The molecular weight excluding hydrogens is 140 g/mol. The van der Waals surface area contributed by atoms with Crippen LogP contribution in [0.1, 0.15) is 6.92 Å². The molecule has 0 aromatic carbocycles. The third-order valence-electron chi connectivity index (χ3n) is 1.17. The minimum atomic E-state index is 0.754. The molecule has 10 heavy (non-hydrogen) atoms. The third kappa shape index (κ3) is 2.98. The van der Waals surface area contributed by atoms with Crippen LogP contribution >= 0.6 is 8.58 Å². The lowest BCUT2D eigenvalue weighted by Gasteiger charge is -1.98. The summed E-state index contributed by atoms with van der Waals surface area (Å²) >= 11 is 0. The zero-order valence-electron chi connectivity index (χ0n) is 6.39. The van der Waals surface area contributed by atoms with E-state index < -0.39 is 0 Å². The second-order valence-electron chi connectivity index (χ2n) is 1.83. The molecule has 0 aliphatic carbocycles. The van der Waals surface area contributed by atoms with E-state index in [1.165, 1.54) is 5.31 Å². The maximum absolute atomic E-state index is 4.98. The Labute approximate surface area is 65.5 Å². The van der Waals surface area contributed by atoms with Crippen LogP contribution in [0.15, 0.2) is 28.4 Å². The molecule has 0 rings (SSSR count). The average Bonchev–Trinajstić information content (AvgIpc) is 1.91. The van der Waals surface area contributed by atoms with E-state index in [-0.39, 0.29) is 0 Å². The van der Waals surface area contributed by atoms with Gasteiger partial charge in [0.2, 0.25) is 0 Å². The first kappa shape index (κ1) is 9.64. The zero-order chi connectivity index (χ0) is 7.98. The highest BCUT2D eigenvalue weighted by Crippen LogP contribution is 2.22. The van der Waals surface area contributed by atoms with E-state index in [4.69, 9.17) is 7.98 Å². The van der Waals surface area contributed by atoms with Crippen LogP contribution in [0.25, 0.3) is 0 Å². The normalized spacial score (nSPS) is 14.6. The Balaban J connectivity index is 4.42. The van der Waals surface area contributed by atoms with E-state index in [0.717, 1.165) is 14.2 Å². The van der Waals surface area contributed by atoms with Gasteiger partial charge in [-0.1, -0.05) is 21.2 Å². The molecule has 0 saturated heterocycles. The summed E-state index contributed by atoms with van der Waals surface area (Å²) in [7, 11) is 5.73. The maximum atomic E-state index is 4.98. The highest BCUT2D eigenvalue weighted by Gasteiger charge is 1.90. The second kappa shape index (κ2) is 5.43. The van der Waals surface area contributed by atoms with Gasteiger partial charge in [0.15, 0.2) is 0 Å². The van der Waals surface area contributed by atoms with Gasteiger partial charge in [-0.2, -0.15) is 0 Å². The van der Waals surface area contributed by atoms with Gasteiger partial charge < -0.3 is 4.90 Å². The summed E-state index contributed by atoms with van der Waals surface area (Å²) in [5, 5.41) is 1.22. The second-order valence-corrected chi connectivity index (χ2v) is 2.87. The van der Waals surface area contributed by atoms with Crippen molar-refractivity contribution in [2.24, 2.45) is 4.90 Å². The topological polar surface area (TPSA) is 12.4 Å². The molecule has 0 aliphatic rings. The summed E-state index contributed by atoms with van der Waals surface area (Å²) in [5.74, 6) is 0. The molecule has 0 N–H and O–H groups in total. The van der Waals surface area contributed by atoms with E-state index in [1.54, 1.807) is 6.21 Å². The number of hydrogen-bond acceptors (Lipinski definition) is 1. The van der Waals surface area contributed by atoms with E-state index >= 15 is 0 Å². The molecule has 0 bridgehead atoms. The van der Waals surface area contributed by atoms with Gasteiger partial charge >= 0.3 is 0 Å². The van der Waals surface area contributed by atoms with Crippen molar-refractivity contribution < 1.29 is 0 Å². The van der Waals surface area contributed by atoms with Crippen LogP contribution < -0.4 is 0 Å². The molecule has 0 amide bonds. The molecule has 52 valence electrons. The standard InChI is InChI=1S/C7H11BNP/c1-4-7(10-3)6(2)5-9-8/h4-5,10H,1H2,2-3H3/b7-6+,9-5?. The molecule has 0 spiro atoms. The van der Waals surface area contributed by atoms with Crippen molar-refractivity contribution >= 4 is 22.8 Å². The van der Waals surface area contributed by atoms with Crippen LogP contribution in [-0.4, -0.2) is 20.9 Å². The Hall–Kier alpha value is -0.355. The van der Waals surface area contributed by atoms with Crippen molar-refractivity contribution in [3.8, 4) is 0 Å². The Morgan fingerprint density at radius 1 is 1.70 bits per heavy atom. The quantitative estimate of drug-likeness (QED) is 0.253. The van der Waals surface area contributed by atoms with Gasteiger partial charge in [-0.3, -0.25) is 0 Å². The highest BCUT2D eigenvalue weighted by molar-refractivity contribution is 7.42. The van der Waals surface area contributed by atoms with Crippen molar-refractivity contribution in [1.29, 1.82) is 0 Å². The zero-order valence-corrected chi connectivity index (χ0v) is 7.39. The molecular formula is C7H11BNP. The van der Waals surface area contributed by atoms with Crippen molar-refractivity contribution in [1.82, 2.24) is 0 Å². The van der Waals surface area contributed by atoms with Crippen molar-refractivity contribution in [3.63, 3.8) is 0 Å². The molecule has 0 saturated carbocycles. The fraction of sp³-hybridized carbons (Fsp3) is 0.286. The highest BCUT2D eigenvalue weighted by atomic mass is 31.1. The summed E-state index contributed by atoms with van der Waals surface area (Å²) in [4.78, 5) is 3.43. The van der Waals surface area contributed by atoms with Crippen LogP contribution in [0.3, 0.4) is 0 Å². The molecule has 1 nitrogen and oxygen atoms in total. The summed E-state index contributed by atoms with van der Waals surface area (Å²) in [6, 6.07) is 0. The van der Waals surface area contributed by atoms with E-state index in [1.807, 2.05) is 13.0 Å². The first-order valence-corrected chi connectivity index (χ1v) is 4.50. The Kier molecular flexibility index (Phi) is 5.24. The van der Waals surface area contributed by atoms with Gasteiger partial charge in [0.1, 0.15) is 0 Å². The molecule has 0 fully saturated rings. The van der Waals surface area contributed by atoms with Crippen molar-refractivity contribution in [2.75, 3.05) is 6.66 Å². The van der Waals surface area contributed by atoms with Crippen LogP contribution in [0.2, 0.25) is 0 Å². The van der Waals surface area contributed by atoms with Crippen LogP contribution in [-0.2, 0) is 0 Å². The van der Waals surface area contributed by atoms with Gasteiger partial charge in [-0.15, -0.1) is 0 Å². The van der Waals surface area contributed by atoms with Gasteiger partial charge in [0.25, 0.3) is 7.98 Å². The van der Waals surface area contributed by atoms with Crippen LogP contribution in [0.4, 0.5) is 0 Å². The smallest absolute Gasteiger partial charge is 0.259 e. The minimum absolute atomic E-state index is 0.754. The lowest BCUT2D eigenvalue weighted by Crippen LogP contribution is -1.80. The minimum Gasteiger partial charge on any atom is -0.363 e. The fourth-order valence-corrected chi connectivity index (χ4v) is 1.30. The maximum Gasteiger partial charge on any atom is 0.259 e. The molecule has 0 heterocycles. The van der Waals surface area contributed by atoms with Crippen molar-refractivity contribution in [3.05, 3.63) is 23.5 Å². The Morgan fingerprint density at radius 2 is 2.30 bits per heavy atom. The Bertz CT molecular complexity index is 172. The molecule has 1 atom stereocenters. The van der Waals surface area contributed by atoms with Crippen LogP contribution in [0, 0.1) is 0 Å². The fourth-order valence-electron chi connectivity index (χ4n) is 0.642. The largest absolute Gasteiger partial charge is 0.363 e. The predicted molar refractivity (Wildman–Crippen MR) is 51.4 cm³/mol. The summed E-state index contributed by atoms with van der Waals surface area (Å²) in [5.41, 5.74) is 1.10. The molecule has 0 aliphatic heterocycles. The van der Waals surface area contributed by atoms with Gasteiger partial charge in [-0.05, 0) is 24.5 Å². The molecule has 1 unspecified atom stereocenters. The molecule has 0 aromatic rings. The first-order chi connectivity index (χ1) is 4.76. The molecule has 2 radical (unpaired) electrons. The number of allylic oxidation sites excluding steroid dienone is 3. The third-order valence-corrected chi connectivity index (χ3v) is 2.30. The Morgan fingerprint density at radius 3 is 2.60 bits per heavy atom. The predicted octanol–water partition coefficient (Wildman–Crippen LogP) is 1.91. The summed E-state index contributed by atoms with van der Waals surface area (Å²) in [6.07, 6.45) is 3.49. The van der Waals surface area contributed by atoms with E-state index in [2.05, 4.69) is 18.1 Å². The van der Waals surface area contributed by atoms with E-state index in [0.29, 0.717) is 0 Å². The molecule has 3 heteroatoms. The van der Waals surface area contributed by atoms with E-state index in [9.17, 15) is 0 Å². The van der Waals surface area contributed by atoms with Gasteiger partial charge in [0.05, 0.1) is 0 Å².